The third-order valence-corrected chi connectivity index (χ3v) is 2.78. The van der Waals surface area contributed by atoms with Gasteiger partial charge in [0.25, 0.3) is 0 Å². The molecule has 1 aromatic rings. The van der Waals surface area contributed by atoms with Gasteiger partial charge in [-0.2, -0.15) is 0 Å². The zero-order valence-corrected chi connectivity index (χ0v) is 10.6. The number of carbonyl (C=O) groups excluding carboxylic acids is 1. The number of hydrogen-bond acceptors (Lipinski definition) is 3. The van der Waals surface area contributed by atoms with Crippen molar-refractivity contribution in [3.63, 3.8) is 0 Å². The van der Waals surface area contributed by atoms with Crippen molar-refractivity contribution in [2.75, 3.05) is 19.0 Å². The second kappa shape index (κ2) is 6.25. The van der Waals surface area contributed by atoms with Crippen molar-refractivity contribution in [1.29, 1.82) is 0 Å². The summed E-state index contributed by atoms with van der Waals surface area (Å²) in [5.74, 6) is -0.110. The Labute approximate surface area is 102 Å². The van der Waals surface area contributed by atoms with E-state index in [-0.39, 0.29) is 12.5 Å². The Morgan fingerprint density at radius 3 is 2.41 bits per heavy atom. The summed E-state index contributed by atoms with van der Waals surface area (Å²) < 4.78 is 0. The maximum Gasteiger partial charge on any atom is 0.242 e. The van der Waals surface area contributed by atoms with Crippen LogP contribution in [0.1, 0.15) is 17.5 Å². The predicted octanol–water partition coefficient (Wildman–Crippen LogP) is 1.21. The highest BCUT2D eigenvalue weighted by Crippen LogP contribution is 2.20. The van der Waals surface area contributed by atoms with Crippen molar-refractivity contribution >= 4 is 11.6 Å². The van der Waals surface area contributed by atoms with E-state index >= 15 is 0 Å². The lowest BCUT2D eigenvalue weighted by molar-refractivity contribution is -0.121. The monoisotopic (exact) mass is 236 g/mol. The number of aliphatic hydroxyl groups is 1. The first-order valence-corrected chi connectivity index (χ1v) is 5.75. The number of aryl methyl sites for hydroxylation is 2. The van der Waals surface area contributed by atoms with Crippen LogP contribution in [0.5, 0.6) is 0 Å². The molecule has 0 aliphatic rings. The van der Waals surface area contributed by atoms with Crippen LogP contribution in [0.15, 0.2) is 18.2 Å². The number of nitrogens with one attached hydrogen (secondary N) is 2. The van der Waals surface area contributed by atoms with Gasteiger partial charge in [-0.1, -0.05) is 18.2 Å². The molecular formula is C13H20N2O2. The topological polar surface area (TPSA) is 61.4 Å². The Bertz CT molecular complexity index is 371. The smallest absolute Gasteiger partial charge is 0.242 e. The van der Waals surface area contributed by atoms with Crippen LogP contribution in [-0.4, -0.2) is 30.7 Å². The van der Waals surface area contributed by atoms with Gasteiger partial charge in [-0.3, -0.25) is 4.79 Å². The lowest BCUT2D eigenvalue weighted by atomic mass is 10.1. The van der Waals surface area contributed by atoms with E-state index in [1.807, 2.05) is 32.0 Å². The molecule has 0 spiro atoms. The van der Waals surface area contributed by atoms with E-state index < -0.39 is 6.04 Å². The summed E-state index contributed by atoms with van der Waals surface area (Å²) >= 11 is 0. The fourth-order valence-electron chi connectivity index (χ4n) is 1.79. The Morgan fingerprint density at radius 2 is 1.94 bits per heavy atom. The zero-order valence-electron chi connectivity index (χ0n) is 10.6. The molecule has 1 unspecified atom stereocenters. The first-order valence-electron chi connectivity index (χ1n) is 5.75. The summed E-state index contributed by atoms with van der Waals surface area (Å²) in [7, 11) is 1.60. The van der Waals surface area contributed by atoms with E-state index in [0.29, 0.717) is 6.42 Å². The largest absolute Gasteiger partial charge is 0.396 e. The van der Waals surface area contributed by atoms with Crippen molar-refractivity contribution in [2.24, 2.45) is 0 Å². The van der Waals surface area contributed by atoms with Crippen LogP contribution in [0.3, 0.4) is 0 Å². The number of amides is 1. The second-order valence-corrected chi connectivity index (χ2v) is 4.09. The average Bonchev–Trinajstić information content (AvgIpc) is 2.31. The predicted molar refractivity (Wildman–Crippen MR) is 69.1 cm³/mol. The van der Waals surface area contributed by atoms with Crippen molar-refractivity contribution in [2.45, 2.75) is 26.3 Å². The Kier molecular flexibility index (Phi) is 4.97. The standard InChI is InChI=1S/C13H20N2O2/c1-9-5-4-6-10(2)12(9)15-11(7-8-16)13(17)14-3/h4-6,11,15-16H,7-8H2,1-3H3,(H,14,17). The third kappa shape index (κ3) is 3.46. The molecule has 1 aromatic carbocycles. The van der Waals surface area contributed by atoms with Crippen LogP contribution in [0.4, 0.5) is 5.69 Å². The number of aliphatic hydroxyl groups excluding tert-OH is 1. The lowest BCUT2D eigenvalue weighted by Crippen LogP contribution is -2.38. The van der Waals surface area contributed by atoms with Gasteiger partial charge in [-0.05, 0) is 31.4 Å². The number of benzene rings is 1. The van der Waals surface area contributed by atoms with Gasteiger partial charge in [0.1, 0.15) is 6.04 Å². The third-order valence-electron chi connectivity index (χ3n) is 2.78. The molecule has 0 aliphatic heterocycles. The molecule has 94 valence electrons. The Morgan fingerprint density at radius 1 is 1.35 bits per heavy atom. The van der Waals surface area contributed by atoms with E-state index in [0.717, 1.165) is 16.8 Å². The lowest BCUT2D eigenvalue weighted by Gasteiger charge is -2.20. The SMILES string of the molecule is CNC(=O)C(CCO)Nc1c(C)cccc1C. The van der Waals surface area contributed by atoms with Crippen LogP contribution in [0.25, 0.3) is 0 Å². The summed E-state index contributed by atoms with van der Waals surface area (Å²) in [6, 6.07) is 5.58. The van der Waals surface area contributed by atoms with Gasteiger partial charge < -0.3 is 15.7 Å². The normalized spacial score (nSPS) is 12.0. The minimum Gasteiger partial charge on any atom is -0.396 e. The molecule has 3 N–H and O–H groups in total. The van der Waals surface area contributed by atoms with Gasteiger partial charge in [0.2, 0.25) is 5.91 Å². The van der Waals surface area contributed by atoms with Gasteiger partial charge in [-0.15, -0.1) is 0 Å². The first-order chi connectivity index (χ1) is 8.10. The number of carbonyl (C=O) groups is 1. The molecule has 0 aromatic heterocycles. The molecular weight excluding hydrogens is 216 g/mol. The van der Waals surface area contributed by atoms with Crippen molar-refractivity contribution in [3.8, 4) is 0 Å². The molecule has 17 heavy (non-hydrogen) atoms. The highest BCUT2D eigenvalue weighted by Gasteiger charge is 2.17. The van der Waals surface area contributed by atoms with E-state index in [1.165, 1.54) is 0 Å². The maximum absolute atomic E-state index is 11.6. The summed E-state index contributed by atoms with van der Waals surface area (Å²) in [5, 5.41) is 14.8. The molecule has 0 heterocycles. The highest BCUT2D eigenvalue weighted by molar-refractivity contribution is 5.84. The summed E-state index contributed by atoms with van der Waals surface area (Å²) in [6.45, 7) is 3.97. The van der Waals surface area contributed by atoms with E-state index in [2.05, 4.69) is 10.6 Å². The Balaban J connectivity index is 2.89. The van der Waals surface area contributed by atoms with Crippen LogP contribution in [0.2, 0.25) is 0 Å². The minimum atomic E-state index is -0.398. The molecule has 0 saturated heterocycles. The number of para-hydroxylation sites is 1. The molecule has 1 amide bonds. The minimum absolute atomic E-state index is 0.0178. The number of rotatable bonds is 5. The molecule has 0 aliphatic carbocycles. The fourth-order valence-corrected chi connectivity index (χ4v) is 1.79. The van der Waals surface area contributed by atoms with E-state index in [4.69, 9.17) is 5.11 Å². The molecule has 4 nitrogen and oxygen atoms in total. The Hall–Kier alpha value is -1.55. The quantitative estimate of drug-likeness (QED) is 0.720. The second-order valence-electron chi connectivity index (χ2n) is 4.09. The van der Waals surface area contributed by atoms with Crippen molar-refractivity contribution in [1.82, 2.24) is 5.32 Å². The average molecular weight is 236 g/mol. The van der Waals surface area contributed by atoms with E-state index in [1.54, 1.807) is 7.05 Å². The maximum atomic E-state index is 11.6. The van der Waals surface area contributed by atoms with Crippen molar-refractivity contribution in [3.05, 3.63) is 29.3 Å². The number of likely N-dealkylation sites (N-methyl/N-ethyl adjacent to an activating group) is 1. The van der Waals surface area contributed by atoms with Gasteiger partial charge in [-0.25, -0.2) is 0 Å². The molecule has 4 heteroatoms. The number of hydrogen-bond donors (Lipinski definition) is 3. The van der Waals surface area contributed by atoms with Gasteiger partial charge in [0, 0.05) is 19.3 Å². The van der Waals surface area contributed by atoms with Crippen molar-refractivity contribution < 1.29 is 9.90 Å². The van der Waals surface area contributed by atoms with Gasteiger partial charge >= 0.3 is 0 Å². The first kappa shape index (κ1) is 13.5. The molecule has 1 rings (SSSR count). The zero-order chi connectivity index (χ0) is 12.8. The van der Waals surface area contributed by atoms with Crippen LogP contribution in [-0.2, 0) is 4.79 Å². The highest BCUT2D eigenvalue weighted by atomic mass is 16.3. The molecule has 1 atom stereocenters. The van der Waals surface area contributed by atoms with Gasteiger partial charge in [0.15, 0.2) is 0 Å². The molecule has 0 fully saturated rings. The fraction of sp³-hybridized carbons (Fsp3) is 0.462. The molecule has 0 bridgehead atoms. The molecule has 0 saturated carbocycles. The van der Waals surface area contributed by atoms with Crippen LogP contribution >= 0.6 is 0 Å². The van der Waals surface area contributed by atoms with E-state index in [9.17, 15) is 4.79 Å². The number of anilines is 1. The molecule has 0 radical (unpaired) electrons. The van der Waals surface area contributed by atoms with Crippen LogP contribution < -0.4 is 10.6 Å². The summed E-state index contributed by atoms with van der Waals surface area (Å²) in [5.41, 5.74) is 3.16. The van der Waals surface area contributed by atoms with Crippen LogP contribution in [0, 0.1) is 13.8 Å². The van der Waals surface area contributed by atoms with Gasteiger partial charge in [0.05, 0.1) is 0 Å². The summed E-state index contributed by atoms with van der Waals surface area (Å²) in [4.78, 5) is 11.6. The summed E-state index contributed by atoms with van der Waals surface area (Å²) in [6.07, 6.45) is 0.396.